The Labute approximate surface area is 112 Å². The highest BCUT2D eigenvalue weighted by molar-refractivity contribution is 5.89. The minimum atomic E-state index is -0.314. The lowest BCUT2D eigenvalue weighted by Crippen LogP contribution is -2.43. The molecule has 0 aliphatic heterocycles. The van der Waals surface area contributed by atoms with Crippen molar-refractivity contribution in [3.8, 4) is 0 Å². The normalized spacial score (nSPS) is 22.3. The van der Waals surface area contributed by atoms with Gasteiger partial charge in [-0.1, -0.05) is 6.42 Å². The number of halogens is 1. The smallest absolute Gasteiger partial charge is 0.321 e. The van der Waals surface area contributed by atoms with Gasteiger partial charge in [0.05, 0.1) is 0 Å². The van der Waals surface area contributed by atoms with Crippen LogP contribution in [0.4, 0.5) is 14.9 Å². The number of amides is 2. The minimum absolute atomic E-state index is 0.169. The van der Waals surface area contributed by atoms with Gasteiger partial charge in [0.15, 0.2) is 0 Å². The Morgan fingerprint density at radius 2 is 2.11 bits per heavy atom. The standard InChI is InChI=1S/C14H20FN3O/c1-18(13-4-2-3-10(13)9-16)14(19)17-12-7-5-11(15)6-8-12/h5-8,10,13H,2-4,9,16H2,1H3,(H,17,19). The molecule has 0 bridgehead atoms. The van der Waals surface area contributed by atoms with Crippen molar-refractivity contribution in [3.05, 3.63) is 30.1 Å². The number of nitrogens with two attached hydrogens (primary N) is 1. The van der Waals surface area contributed by atoms with E-state index >= 15 is 0 Å². The van der Waals surface area contributed by atoms with Crippen LogP contribution in [-0.4, -0.2) is 30.6 Å². The zero-order valence-corrected chi connectivity index (χ0v) is 11.1. The number of carbonyl (C=O) groups excluding carboxylic acids is 1. The van der Waals surface area contributed by atoms with Crippen molar-refractivity contribution in [1.82, 2.24) is 4.90 Å². The van der Waals surface area contributed by atoms with E-state index in [9.17, 15) is 9.18 Å². The summed E-state index contributed by atoms with van der Waals surface area (Å²) in [6.45, 7) is 0.610. The van der Waals surface area contributed by atoms with Gasteiger partial charge < -0.3 is 16.0 Å². The molecule has 1 saturated carbocycles. The highest BCUT2D eigenvalue weighted by Gasteiger charge is 2.31. The molecule has 2 rings (SSSR count). The minimum Gasteiger partial charge on any atom is -0.330 e. The molecule has 0 spiro atoms. The maximum absolute atomic E-state index is 12.8. The van der Waals surface area contributed by atoms with Gasteiger partial charge in [0, 0.05) is 18.8 Å². The van der Waals surface area contributed by atoms with E-state index < -0.39 is 0 Å². The van der Waals surface area contributed by atoms with Crippen LogP contribution in [0.2, 0.25) is 0 Å². The number of nitrogens with one attached hydrogen (secondary N) is 1. The Bertz CT molecular complexity index is 435. The fourth-order valence-electron chi connectivity index (χ4n) is 2.70. The number of carbonyl (C=O) groups is 1. The lowest BCUT2D eigenvalue weighted by atomic mass is 10.0. The fourth-order valence-corrected chi connectivity index (χ4v) is 2.70. The molecule has 0 radical (unpaired) electrons. The first-order valence-electron chi connectivity index (χ1n) is 6.61. The number of rotatable bonds is 3. The van der Waals surface area contributed by atoms with E-state index in [2.05, 4.69) is 5.32 Å². The lowest BCUT2D eigenvalue weighted by Gasteiger charge is -2.29. The van der Waals surface area contributed by atoms with Crippen molar-refractivity contribution in [2.24, 2.45) is 11.7 Å². The van der Waals surface area contributed by atoms with Gasteiger partial charge in [0.1, 0.15) is 5.82 Å². The van der Waals surface area contributed by atoms with Gasteiger partial charge in [-0.05, 0) is 49.6 Å². The second kappa shape index (κ2) is 6.02. The predicted molar refractivity (Wildman–Crippen MR) is 73.4 cm³/mol. The quantitative estimate of drug-likeness (QED) is 0.881. The Morgan fingerprint density at radius 1 is 1.42 bits per heavy atom. The molecule has 0 saturated heterocycles. The molecule has 5 heteroatoms. The number of urea groups is 1. The topological polar surface area (TPSA) is 58.4 Å². The molecule has 1 aromatic rings. The van der Waals surface area contributed by atoms with Gasteiger partial charge in [-0.25, -0.2) is 9.18 Å². The molecule has 2 amide bonds. The maximum Gasteiger partial charge on any atom is 0.321 e. The first-order valence-corrected chi connectivity index (χ1v) is 6.61. The summed E-state index contributed by atoms with van der Waals surface area (Å²) in [6, 6.07) is 5.79. The van der Waals surface area contributed by atoms with Crippen LogP contribution in [0, 0.1) is 11.7 Å². The average molecular weight is 265 g/mol. The summed E-state index contributed by atoms with van der Waals surface area (Å²) in [4.78, 5) is 13.8. The molecule has 1 aliphatic rings. The van der Waals surface area contributed by atoms with Crippen molar-refractivity contribution >= 4 is 11.7 Å². The fraction of sp³-hybridized carbons (Fsp3) is 0.500. The highest BCUT2D eigenvalue weighted by atomic mass is 19.1. The zero-order valence-electron chi connectivity index (χ0n) is 11.1. The van der Waals surface area contributed by atoms with Crippen LogP contribution in [-0.2, 0) is 0 Å². The molecule has 0 heterocycles. The number of anilines is 1. The third kappa shape index (κ3) is 3.23. The molecule has 104 valence electrons. The molecule has 1 aliphatic carbocycles. The number of hydrogen-bond acceptors (Lipinski definition) is 2. The van der Waals surface area contributed by atoms with Crippen molar-refractivity contribution in [2.45, 2.75) is 25.3 Å². The van der Waals surface area contributed by atoms with Crippen LogP contribution < -0.4 is 11.1 Å². The molecule has 1 aromatic carbocycles. The van der Waals surface area contributed by atoms with E-state index in [1.807, 2.05) is 0 Å². The van der Waals surface area contributed by atoms with Gasteiger partial charge in [0.2, 0.25) is 0 Å². The average Bonchev–Trinajstić information content (AvgIpc) is 2.88. The van der Waals surface area contributed by atoms with Crippen LogP contribution in [0.1, 0.15) is 19.3 Å². The Kier molecular flexibility index (Phi) is 4.37. The first-order chi connectivity index (χ1) is 9.11. The monoisotopic (exact) mass is 265 g/mol. The van der Waals surface area contributed by atoms with E-state index in [-0.39, 0.29) is 17.9 Å². The SMILES string of the molecule is CN(C(=O)Nc1ccc(F)cc1)C1CCCC1CN. The largest absolute Gasteiger partial charge is 0.330 e. The predicted octanol–water partition coefficient (Wildman–Crippen LogP) is 2.42. The summed E-state index contributed by atoms with van der Waals surface area (Å²) in [5.41, 5.74) is 6.33. The van der Waals surface area contributed by atoms with E-state index in [1.165, 1.54) is 12.1 Å². The number of hydrogen-bond donors (Lipinski definition) is 2. The van der Waals surface area contributed by atoms with Crippen molar-refractivity contribution < 1.29 is 9.18 Å². The Hall–Kier alpha value is -1.62. The summed E-state index contributed by atoms with van der Waals surface area (Å²) >= 11 is 0. The van der Waals surface area contributed by atoms with Crippen molar-refractivity contribution in [1.29, 1.82) is 0 Å². The summed E-state index contributed by atoms with van der Waals surface area (Å²) in [6.07, 6.45) is 3.19. The summed E-state index contributed by atoms with van der Waals surface area (Å²) in [5, 5.41) is 2.77. The van der Waals surface area contributed by atoms with Crippen LogP contribution >= 0.6 is 0 Å². The Morgan fingerprint density at radius 3 is 2.74 bits per heavy atom. The van der Waals surface area contributed by atoms with Crippen LogP contribution in [0.15, 0.2) is 24.3 Å². The van der Waals surface area contributed by atoms with Crippen molar-refractivity contribution in [2.75, 3.05) is 18.9 Å². The van der Waals surface area contributed by atoms with Crippen LogP contribution in [0.3, 0.4) is 0 Å². The third-order valence-corrected chi connectivity index (χ3v) is 3.84. The molecule has 2 unspecified atom stereocenters. The van der Waals surface area contributed by atoms with Crippen LogP contribution in [0.5, 0.6) is 0 Å². The lowest BCUT2D eigenvalue weighted by molar-refractivity contribution is 0.190. The summed E-state index contributed by atoms with van der Waals surface area (Å²) in [5.74, 6) is 0.0642. The highest BCUT2D eigenvalue weighted by Crippen LogP contribution is 2.28. The number of benzene rings is 1. The van der Waals surface area contributed by atoms with Crippen LogP contribution in [0.25, 0.3) is 0 Å². The summed E-state index contributed by atoms with van der Waals surface area (Å²) < 4.78 is 12.8. The van der Waals surface area contributed by atoms with Gasteiger partial charge in [0.25, 0.3) is 0 Å². The molecular weight excluding hydrogens is 245 g/mol. The van der Waals surface area contributed by atoms with E-state index in [0.717, 1.165) is 19.3 Å². The maximum atomic E-state index is 12.8. The molecule has 19 heavy (non-hydrogen) atoms. The molecular formula is C14H20FN3O. The zero-order chi connectivity index (χ0) is 13.8. The molecule has 1 fully saturated rings. The van der Waals surface area contributed by atoms with E-state index in [1.54, 1.807) is 24.1 Å². The van der Waals surface area contributed by atoms with E-state index in [0.29, 0.717) is 18.2 Å². The second-order valence-corrected chi connectivity index (χ2v) is 5.04. The molecule has 2 atom stereocenters. The number of nitrogens with zero attached hydrogens (tertiary/aromatic N) is 1. The molecule has 4 nitrogen and oxygen atoms in total. The second-order valence-electron chi connectivity index (χ2n) is 5.04. The van der Waals surface area contributed by atoms with Gasteiger partial charge in [-0.15, -0.1) is 0 Å². The molecule has 3 N–H and O–H groups in total. The molecule has 0 aromatic heterocycles. The van der Waals surface area contributed by atoms with Crippen molar-refractivity contribution in [3.63, 3.8) is 0 Å². The third-order valence-electron chi connectivity index (χ3n) is 3.84. The summed E-state index contributed by atoms with van der Waals surface area (Å²) in [7, 11) is 1.79. The van der Waals surface area contributed by atoms with E-state index in [4.69, 9.17) is 5.73 Å². The Balaban J connectivity index is 1.97. The van der Waals surface area contributed by atoms with Gasteiger partial charge in [-0.2, -0.15) is 0 Å². The van der Waals surface area contributed by atoms with Gasteiger partial charge >= 0.3 is 6.03 Å². The van der Waals surface area contributed by atoms with Gasteiger partial charge in [-0.3, -0.25) is 0 Å². The first kappa shape index (κ1) is 13.8.